The summed E-state index contributed by atoms with van der Waals surface area (Å²) in [4.78, 5) is 28.6. The number of para-hydroxylation sites is 1. The number of benzene rings is 1. The molecule has 134 valence electrons. The predicted octanol–water partition coefficient (Wildman–Crippen LogP) is 3.12. The lowest BCUT2D eigenvalue weighted by atomic mass is 10.2. The first-order valence-corrected chi connectivity index (χ1v) is 8.40. The summed E-state index contributed by atoms with van der Waals surface area (Å²) in [5.41, 5.74) is 1.48. The maximum atomic E-state index is 14.0. The number of halogens is 1. The number of methoxy groups -OCH3 is 1. The van der Waals surface area contributed by atoms with Gasteiger partial charge in [0, 0.05) is 0 Å². The molecule has 2 heterocycles. The summed E-state index contributed by atoms with van der Waals surface area (Å²) in [6, 6.07) is 6.16. The van der Waals surface area contributed by atoms with Gasteiger partial charge >= 0.3 is 5.97 Å². The van der Waals surface area contributed by atoms with Gasteiger partial charge in [-0.05, 0) is 26.0 Å². The molecule has 0 atom stereocenters. The molecule has 0 aliphatic heterocycles. The standard InChI is InChI=1S/C17H15FN4O3S/c1-9-14(16(24)25-3)26-17(20-9)21-15(23)11-8-19-22(10(11)2)13-7-5-4-6-12(13)18/h4-8H,1-3H3,(H,20,21,23). The third-order valence-electron chi connectivity index (χ3n) is 3.72. The quantitative estimate of drug-likeness (QED) is 0.709. The Morgan fingerprint density at radius 1 is 1.27 bits per heavy atom. The van der Waals surface area contributed by atoms with Crippen LogP contribution in [0.15, 0.2) is 30.5 Å². The third kappa shape index (κ3) is 3.21. The first-order chi connectivity index (χ1) is 12.4. The molecule has 9 heteroatoms. The number of nitrogens with one attached hydrogen (secondary N) is 1. The predicted molar refractivity (Wildman–Crippen MR) is 94.4 cm³/mol. The highest BCUT2D eigenvalue weighted by Crippen LogP contribution is 2.24. The summed E-state index contributed by atoms with van der Waals surface area (Å²) in [5.74, 6) is -1.40. The molecule has 7 nitrogen and oxygen atoms in total. The van der Waals surface area contributed by atoms with Crippen LogP contribution in [0.4, 0.5) is 9.52 Å². The summed E-state index contributed by atoms with van der Waals surface area (Å²) in [7, 11) is 1.28. The van der Waals surface area contributed by atoms with E-state index in [1.54, 1.807) is 32.0 Å². The van der Waals surface area contributed by atoms with E-state index in [0.717, 1.165) is 11.3 Å². The number of amides is 1. The summed E-state index contributed by atoms with van der Waals surface area (Å²) >= 11 is 1.02. The number of thiazole rings is 1. The Morgan fingerprint density at radius 3 is 2.69 bits per heavy atom. The van der Waals surface area contributed by atoms with Gasteiger partial charge in [0.05, 0.1) is 30.3 Å². The SMILES string of the molecule is COC(=O)c1sc(NC(=O)c2cnn(-c3ccccc3F)c2C)nc1C. The summed E-state index contributed by atoms with van der Waals surface area (Å²) < 4.78 is 20.0. The van der Waals surface area contributed by atoms with Gasteiger partial charge in [-0.3, -0.25) is 10.1 Å². The highest BCUT2D eigenvalue weighted by atomic mass is 32.1. The van der Waals surface area contributed by atoms with Crippen LogP contribution in [0.2, 0.25) is 0 Å². The van der Waals surface area contributed by atoms with Crippen LogP contribution in [0.1, 0.15) is 31.4 Å². The number of nitrogens with zero attached hydrogens (tertiary/aromatic N) is 3. The van der Waals surface area contributed by atoms with Crippen molar-refractivity contribution in [1.29, 1.82) is 0 Å². The molecule has 1 aromatic carbocycles. The van der Waals surface area contributed by atoms with E-state index in [-0.39, 0.29) is 16.4 Å². The minimum atomic E-state index is -0.510. The lowest BCUT2D eigenvalue weighted by molar-refractivity contribution is 0.0605. The molecule has 0 aliphatic carbocycles. The van der Waals surface area contributed by atoms with Crippen molar-refractivity contribution in [2.45, 2.75) is 13.8 Å². The van der Waals surface area contributed by atoms with E-state index in [9.17, 15) is 14.0 Å². The molecule has 1 N–H and O–H groups in total. The maximum Gasteiger partial charge on any atom is 0.350 e. The second-order valence-corrected chi connectivity index (χ2v) is 6.39. The average Bonchev–Trinajstić information content (AvgIpc) is 3.17. The molecule has 0 bridgehead atoms. The van der Waals surface area contributed by atoms with Gasteiger partial charge in [0.25, 0.3) is 5.91 Å². The normalized spacial score (nSPS) is 10.6. The number of hydrogen-bond acceptors (Lipinski definition) is 6. The molecule has 0 fully saturated rings. The Kier molecular flexibility index (Phi) is 4.81. The van der Waals surface area contributed by atoms with Gasteiger partial charge in [0.15, 0.2) is 5.13 Å². The summed E-state index contributed by atoms with van der Waals surface area (Å²) in [6.45, 7) is 3.32. The molecule has 0 spiro atoms. The Labute approximate surface area is 152 Å². The molecule has 0 saturated heterocycles. The lowest BCUT2D eigenvalue weighted by Gasteiger charge is -2.06. The number of anilines is 1. The van der Waals surface area contributed by atoms with Crippen molar-refractivity contribution < 1.29 is 18.7 Å². The van der Waals surface area contributed by atoms with Crippen molar-refractivity contribution in [3.8, 4) is 5.69 Å². The van der Waals surface area contributed by atoms with Crippen LogP contribution in [-0.4, -0.2) is 33.8 Å². The highest BCUT2D eigenvalue weighted by Gasteiger charge is 2.20. The Bertz CT molecular complexity index is 996. The molecule has 3 rings (SSSR count). The van der Waals surface area contributed by atoms with Gasteiger partial charge in [-0.1, -0.05) is 23.5 Å². The van der Waals surface area contributed by atoms with Crippen LogP contribution in [0.25, 0.3) is 5.69 Å². The van der Waals surface area contributed by atoms with Crippen LogP contribution in [0.5, 0.6) is 0 Å². The topological polar surface area (TPSA) is 86.1 Å². The van der Waals surface area contributed by atoms with Crippen molar-refractivity contribution in [1.82, 2.24) is 14.8 Å². The average molecular weight is 374 g/mol. The molecule has 1 amide bonds. The lowest BCUT2D eigenvalue weighted by Crippen LogP contribution is -2.13. The molecule has 0 unspecified atom stereocenters. The van der Waals surface area contributed by atoms with Crippen LogP contribution in [-0.2, 0) is 4.74 Å². The second-order valence-electron chi connectivity index (χ2n) is 5.39. The van der Waals surface area contributed by atoms with Gasteiger partial charge in [-0.2, -0.15) is 5.10 Å². The van der Waals surface area contributed by atoms with Gasteiger partial charge in [-0.25, -0.2) is 18.9 Å². The van der Waals surface area contributed by atoms with E-state index in [1.165, 1.54) is 24.1 Å². The van der Waals surface area contributed by atoms with Crippen molar-refractivity contribution in [2.24, 2.45) is 0 Å². The number of ether oxygens (including phenoxy) is 1. The molecule has 0 radical (unpaired) electrons. The molecule has 26 heavy (non-hydrogen) atoms. The van der Waals surface area contributed by atoms with E-state index in [1.807, 2.05) is 0 Å². The van der Waals surface area contributed by atoms with E-state index in [0.29, 0.717) is 16.3 Å². The zero-order valence-electron chi connectivity index (χ0n) is 14.2. The van der Waals surface area contributed by atoms with Crippen molar-refractivity contribution >= 4 is 28.3 Å². The number of aromatic nitrogens is 3. The van der Waals surface area contributed by atoms with Crippen molar-refractivity contribution in [3.05, 3.63) is 58.1 Å². The third-order valence-corrected chi connectivity index (χ3v) is 4.78. The monoisotopic (exact) mass is 374 g/mol. The van der Waals surface area contributed by atoms with Crippen molar-refractivity contribution in [2.75, 3.05) is 12.4 Å². The molecule has 0 aliphatic rings. The van der Waals surface area contributed by atoms with E-state index >= 15 is 0 Å². The van der Waals surface area contributed by atoms with Crippen LogP contribution < -0.4 is 5.32 Å². The minimum Gasteiger partial charge on any atom is -0.465 e. The summed E-state index contributed by atoms with van der Waals surface area (Å²) in [6.07, 6.45) is 1.36. The fourth-order valence-electron chi connectivity index (χ4n) is 2.40. The minimum absolute atomic E-state index is 0.252. The largest absolute Gasteiger partial charge is 0.465 e. The van der Waals surface area contributed by atoms with Crippen LogP contribution in [0, 0.1) is 19.7 Å². The fraction of sp³-hybridized carbons (Fsp3) is 0.176. The molecule has 2 aromatic heterocycles. The van der Waals surface area contributed by atoms with E-state index in [4.69, 9.17) is 0 Å². The number of carbonyl (C=O) groups excluding carboxylic acids is 2. The zero-order chi connectivity index (χ0) is 18.8. The summed E-state index contributed by atoms with van der Waals surface area (Å²) in [5, 5.41) is 7.00. The smallest absolute Gasteiger partial charge is 0.350 e. The first kappa shape index (κ1) is 17.7. The van der Waals surface area contributed by atoms with Gasteiger partial charge in [0.1, 0.15) is 16.4 Å². The number of hydrogen-bond donors (Lipinski definition) is 1. The molecule has 0 saturated carbocycles. The fourth-order valence-corrected chi connectivity index (χ4v) is 3.27. The van der Waals surface area contributed by atoms with E-state index < -0.39 is 17.7 Å². The van der Waals surface area contributed by atoms with E-state index in [2.05, 4.69) is 20.1 Å². The molecular formula is C17H15FN4O3S. The maximum absolute atomic E-state index is 14.0. The van der Waals surface area contributed by atoms with Crippen LogP contribution >= 0.6 is 11.3 Å². The number of aryl methyl sites for hydroxylation is 1. The second kappa shape index (κ2) is 7.04. The highest BCUT2D eigenvalue weighted by molar-refractivity contribution is 7.17. The Hall–Kier alpha value is -3.07. The van der Waals surface area contributed by atoms with Crippen molar-refractivity contribution in [3.63, 3.8) is 0 Å². The Morgan fingerprint density at radius 2 is 2.00 bits per heavy atom. The Balaban J connectivity index is 1.86. The number of rotatable bonds is 4. The molecular weight excluding hydrogens is 359 g/mol. The van der Waals surface area contributed by atoms with Gasteiger partial charge in [0.2, 0.25) is 0 Å². The number of carbonyl (C=O) groups is 2. The molecule has 3 aromatic rings. The number of esters is 1. The van der Waals surface area contributed by atoms with Gasteiger partial charge < -0.3 is 4.74 Å². The first-order valence-electron chi connectivity index (χ1n) is 7.59. The van der Waals surface area contributed by atoms with Gasteiger partial charge in [-0.15, -0.1) is 0 Å². The zero-order valence-corrected chi connectivity index (χ0v) is 15.1. The van der Waals surface area contributed by atoms with Crippen LogP contribution in [0.3, 0.4) is 0 Å².